The Balaban J connectivity index is 1.79. The monoisotopic (exact) mass is 398 g/mol. The molecule has 0 radical (unpaired) electrons. The fourth-order valence-electron chi connectivity index (χ4n) is 2.61. The van der Waals surface area contributed by atoms with Crippen LogP contribution in [0.25, 0.3) is 5.69 Å². The first-order chi connectivity index (χ1) is 13.5. The molecule has 144 valence electrons. The van der Waals surface area contributed by atoms with E-state index in [2.05, 4.69) is 10.2 Å². The van der Waals surface area contributed by atoms with Crippen LogP contribution in [0.15, 0.2) is 59.8 Å². The fourth-order valence-corrected chi connectivity index (χ4v) is 3.47. The molecule has 3 aromatic rings. The first-order valence-electron chi connectivity index (χ1n) is 8.54. The number of carbonyl (C=O) groups excluding carboxylic acids is 1. The van der Waals surface area contributed by atoms with Crippen molar-refractivity contribution in [2.75, 3.05) is 5.75 Å². The summed E-state index contributed by atoms with van der Waals surface area (Å²) in [6, 6.07) is 15.0. The molecule has 1 aromatic heterocycles. The molecule has 0 fully saturated rings. The largest absolute Gasteiger partial charge is 0.393 e. The van der Waals surface area contributed by atoms with Crippen molar-refractivity contribution in [2.45, 2.75) is 24.6 Å². The van der Waals surface area contributed by atoms with Crippen molar-refractivity contribution in [3.8, 4) is 5.69 Å². The number of benzene rings is 2. The number of aliphatic hydroxyl groups is 1. The third kappa shape index (κ3) is 4.62. The van der Waals surface area contributed by atoms with Crippen LogP contribution in [0.5, 0.6) is 0 Å². The van der Waals surface area contributed by atoms with E-state index in [4.69, 9.17) is 0 Å². The van der Waals surface area contributed by atoms with Gasteiger partial charge in [-0.05, 0) is 31.2 Å². The first kappa shape index (κ1) is 19.7. The van der Waals surface area contributed by atoms with Crippen LogP contribution in [0.3, 0.4) is 0 Å². The summed E-state index contributed by atoms with van der Waals surface area (Å²) in [7, 11) is 0. The van der Waals surface area contributed by atoms with E-state index < -0.39 is 11.0 Å². The van der Waals surface area contributed by atoms with Crippen LogP contribution in [0, 0.1) is 10.1 Å². The molecule has 0 spiro atoms. The van der Waals surface area contributed by atoms with E-state index in [9.17, 15) is 20.0 Å². The Morgan fingerprint density at radius 3 is 2.46 bits per heavy atom. The molecule has 0 saturated carbocycles. The van der Waals surface area contributed by atoms with Gasteiger partial charge in [0.25, 0.3) is 5.69 Å². The number of para-hydroxylation sites is 1. The van der Waals surface area contributed by atoms with Gasteiger partial charge in [0.05, 0.1) is 16.8 Å². The number of carbonyl (C=O) groups is 1. The average Bonchev–Trinajstić information content (AvgIpc) is 3.08. The van der Waals surface area contributed by atoms with E-state index in [0.717, 1.165) is 5.69 Å². The summed E-state index contributed by atoms with van der Waals surface area (Å²) in [6.07, 6.45) is -0.245. The Kier molecular flexibility index (Phi) is 6.17. The number of rotatable bonds is 8. The molecule has 28 heavy (non-hydrogen) atoms. The topological polar surface area (TPSA) is 111 Å². The number of nitro benzene ring substituents is 1. The summed E-state index contributed by atoms with van der Waals surface area (Å²) in [5.74, 6) is 0.545. The van der Waals surface area contributed by atoms with Crippen molar-refractivity contribution in [3.63, 3.8) is 0 Å². The van der Waals surface area contributed by atoms with Gasteiger partial charge in [-0.25, -0.2) is 0 Å². The number of hydrogen-bond acceptors (Lipinski definition) is 7. The molecule has 9 heteroatoms. The SMILES string of the molecule is C[C@H](O)Cc1nnc(SCC(=O)c2ccc([N+](=O)[O-])cc2)n1-c1ccccc1. The molecule has 3 rings (SSSR count). The van der Waals surface area contributed by atoms with Crippen molar-refractivity contribution >= 4 is 23.2 Å². The third-order valence-electron chi connectivity index (χ3n) is 3.93. The van der Waals surface area contributed by atoms with E-state index >= 15 is 0 Å². The second-order valence-corrected chi connectivity index (χ2v) is 7.08. The lowest BCUT2D eigenvalue weighted by molar-refractivity contribution is -0.384. The van der Waals surface area contributed by atoms with Crippen LogP contribution in [0.2, 0.25) is 0 Å². The van der Waals surface area contributed by atoms with Crippen LogP contribution in [-0.2, 0) is 6.42 Å². The molecular formula is C19H18N4O4S. The number of non-ortho nitro benzene ring substituents is 1. The molecule has 0 bridgehead atoms. The molecule has 0 aliphatic rings. The zero-order chi connectivity index (χ0) is 20.1. The second-order valence-electron chi connectivity index (χ2n) is 6.14. The molecule has 0 unspecified atom stereocenters. The van der Waals surface area contributed by atoms with Crippen LogP contribution in [0.1, 0.15) is 23.1 Å². The van der Waals surface area contributed by atoms with Crippen LogP contribution >= 0.6 is 11.8 Å². The van der Waals surface area contributed by atoms with Crippen molar-refractivity contribution in [2.24, 2.45) is 0 Å². The molecule has 1 N–H and O–H groups in total. The number of Topliss-reactive ketones (excluding diaryl/α,β-unsaturated/α-hetero) is 1. The standard InChI is InChI=1S/C19H18N4O4S/c1-13(24)11-18-20-21-19(22(18)15-5-3-2-4-6-15)28-12-17(25)14-7-9-16(10-8-14)23(26)27/h2-10,13,24H,11-12H2,1H3/t13-/m0/s1. The number of aromatic nitrogens is 3. The molecule has 8 nitrogen and oxygen atoms in total. The number of ketones is 1. The van der Waals surface area contributed by atoms with Crippen LogP contribution in [-0.4, -0.2) is 42.4 Å². The summed E-state index contributed by atoms with van der Waals surface area (Å²) >= 11 is 1.23. The maximum absolute atomic E-state index is 12.4. The quantitative estimate of drug-likeness (QED) is 0.269. The number of hydrogen-bond donors (Lipinski definition) is 1. The molecular weight excluding hydrogens is 380 g/mol. The van der Waals surface area contributed by atoms with E-state index in [0.29, 0.717) is 23.0 Å². The van der Waals surface area contributed by atoms with E-state index in [1.165, 1.54) is 36.0 Å². The van der Waals surface area contributed by atoms with E-state index in [-0.39, 0.29) is 17.2 Å². The van der Waals surface area contributed by atoms with Crippen molar-refractivity contribution in [1.29, 1.82) is 0 Å². The predicted molar refractivity (Wildman–Crippen MR) is 105 cm³/mol. The summed E-state index contributed by atoms with van der Waals surface area (Å²) in [4.78, 5) is 22.7. The smallest absolute Gasteiger partial charge is 0.269 e. The van der Waals surface area contributed by atoms with Gasteiger partial charge < -0.3 is 5.11 Å². The lowest BCUT2D eigenvalue weighted by Gasteiger charge is -2.11. The minimum absolute atomic E-state index is 0.0595. The van der Waals surface area contributed by atoms with Gasteiger partial charge in [-0.1, -0.05) is 30.0 Å². The zero-order valence-corrected chi connectivity index (χ0v) is 15.9. The molecule has 0 aliphatic carbocycles. The predicted octanol–water partition coefficient (Wildman–Crippen LogP) is 3.07. The Labute approximate surface area is 165 Å². The number of nitrogens with zero attached hydrogens (tertiary/aromatic N) is 4. The Morgan fingerprint density at radius 1 is 1.18 bits per heavy atom. The van der Waals surface area contributed by atoms with Gasteiger partial charge in [0.1, 0.15) is 5.82 Å². The second kappa shape index (κ2) is 8.77. The lowest BCUT2D eigenvalue weighted by atomic mass is 10.1. The summed E-state index contributed by atoms with van der Waals surface area (Å²) < 4.78 is 1.82. The first-order valence-corrected chi connectivity index (χ1v) is 9.52. The number of nitro groups is 1. The van der Waals surface area contributed by atoms with Gasteiger partial charge >= 0.3 is 0 Å². The minimum Gasteiger partial charge on any atom is -0.393 e. The van der Waals surface area contributed by atoms with Gasteiger partial charge in [-0.15, -0.1) is 10.2 Å². The fraction of sp³-hybridized carbons (Fsp3) is 0.211. The Bertz CT molecular complexity index is 971. The van der Waals surface area contributed by atoms with Gasteiger partial charge in [-0.2, -0.15) is 0 Å². The molecule has 0 saturated heterocycles. The van der Waals surface area contributed by atoms with Gasteiger partial charge in [0, 0.05) is 29.8 Å². The van der Waals surface area contributed by atoms with Crippen molar-refractivity contribution < 1.29 is 14.8 Å². The number of aliphatic hydroxyl groups excluding tert-OH is 1. The molecule has 0 amide bonds. The highest BCUT2D eigenvalue weighted by Gasteiger charge is 2.18. The molecule has 0 aliphatic heterocycles. The Morgan fingerprint density at radius 2 is 1.86 bits per heavy atom. The van der Waals surface area contributed by atoms with Crippen LogP contribution < -0.4 is 0 Å². The van der Waals surface area contributed by atoms with Crippen molar-refractivity contribution in [1.82, 2.24) is 14.8 Å². The minimum atomic E-state index is -0.578. The van der Waals surface area contributed by atoms with Gasteiger partial charge in [0.15, 0.2) is 10.9 Å². The number of thioether (sulfide) groups is 1. The highest BCUT2D eigenvalue weighted by atomic mass is 32.2. The molecule has 2 aromatic carbocycles. The lowest BCUT2D eigenvalue weighted by Crippen LogP contribution is -2.11. The maximum atomic E-state index is 12.4. The normalized spacial score (nSPS) is 11.9. The summed E-state index contributed by atoms with van der Waals surface area (Å²) in [5.41, 5.74) is 1.18. The maximum Gasteiger partial charge on any atom is 0.269 e. The highest BCUT2D eigenvalue weighted by molar-refractivity contribution is 7.99. The third-order valence-corrected chi connectivity index (χ3v) is 4.85. The zero-order valence-electron chi connectivity index (χ0n) is 15.1. The summed E-state index contributed by atoms with van der Waals surface area (Å²) in [6.45, 7) is 1.68. The van der Waals surface area contributed by atoms with Gasteiger partial charge in [-0.3, -0.25) is 19.5 Å². The summed E-state index contributed by atoms with van der Waals surface area (Å²) in [5, 5.41) is 29.3. The van der Waals surface area contributed by atoms with Crippen LogP contribution in [0.4, 0.5) is 5.69 Å². The molecule has 1 atom stereocenters. The highest BCUT2D eigenvalue weighted by Crippen LogP contribution is 2.24. The van der Waals surface area contributed by atoms with Crippen molar-refractivity contribution in [3.05, 3.63) is 76.1 Å². The van der Waals surface area contributed by atoms with E-state index in [1.54, 1.807) is 6.92 Å². The van der Waals surface area contributed by atoms with Gasteiger partial charge in [0.2, 0.25) is 0 Å². The van der Waals surface area contributed by atoms with E-state index in [1.807, 2.05) is 34.9 Å². The Hall–Kier alpha value is -3.04. The average molecular weight is 398 g/mol. The molecule has 1 heterocycles.